The molecule has 0 radical (unpaired) electrons. The van der Waals surface area contributed by atoms with Crippen LogP contribution >= 0.6 is 15.9 Å². The van der Waals surface area contributed by atoms with Crippen LogP contribution in [0.5, 0.6) is 0 Å². The van der Waals surface area contributed by atoms with Gasteiger partial charge in [0.05, 0.1) is 11.6 Å². The number of halogens is 1. The Balaban J connectivity index is 2.33. The van der Waals surface area contributed by atoms with E-state index < -0.39 is 0 Å². The van der Waals surface area contributed by atoms with Crippen LogP contribution in [0.25, 0.3) is 11.6 Å². The summed E-state index contributed by atoms with van der Waals surface area (Å²) >= 11 is 3.40. The molecule has 1 aromatic carbocycles. The second kappa shape index (κ2) is 5.90. The lowest BCUT2D eigenvalue weighted by molar-refractivity contribution is 0.603. The van der Waals surface area contributed by atoms with Crippen molar-refractivity contribution in [2.75, 3.05) is 0 Å². The van der Waals surface area contributed by atoms with Crippen molar-refractivity contribution in [2.45, 2.75) is 19.9 Å². The molecule has 0 atom stereocenters. The van der Waals surface area contributed by atoms with Crippen molar-refractivity contribution in [2.24, 2.45) is 0 Å². The van der Waals surface area contributed by atoms with Crippen LogP contribution in [-0.2, 0) is 0 Å². The van der Waals surface area contributed by atoms with Crippen LogP contribution in [0.3, 0.4) is 0 Å². The fraction of sp³-hybridized carbons (Fsp3) is 0.188. The molecule has 0 amide bonds. The minimum Gasteiger partial charge on any atom is -0.351 e. The number of nitrogens with zero attached hydrogens (tertiary/aromatic N) is 2. The van der Waals surface area contributed by atoms with E-state index >= 15 is 0 Å². The van der Waals surface area contributed by atoms with Crippen LogP contribution in [0.1, 0.15) is 31.0 Å². The number of allylic oxidation sites excluding steroid dienone is 1. The van der Waals surface area contributed by atoms with Crippen molar-refractivity contribution >= 4 is 27.6 Å². The highest BCUT2D eigenvalue weighted by molar-refractivity contribution is 9.10. The molecule has 0 fully saturated rings. The van der Waals surface area contributed by atoms with Crippen LogP contribution in [0.15, 0.2) is 47.2 Å². The predicted octanol–water partition coefficient (Wildman–Crippen LogP) is 4.90. The molecule has 96 valence electrons. The zero-order valence-corrected chi connectivity index (χ0v) is 12.6. The van der Waals surface area contributed by atoms with E-state index in [4.69, 9.17) is 0 Å². The van der Waals surface area contributed by atoms with Gasteiger partial charge >= 0.3 is 0 Å². The first kappa shape index (κ1) is 13.6. The highest BCUT2D eigenvalue weighted by Crippen LogP contribution is 2.21. The maximum Gasteiger partial charge on any atom is 0.0998 e. The molecule has 0 bridgehead atoms. The Hall–Kier alpha value is -1.79. The zero-order chi connectivity index (χ0) is 13.8. The van der Waals surface area contributed by atoms with Gasteiger partial charge in [-0.05, 0) is 49.2 Å². The molecular formula is C16H15BrN2. The smallest absolute Gasteiger partial charge is 0.0998 e. The first-order valence-electron chi connectivity index (χ1n) is 6.15. The third-order valence-corrected chi connectivity index (χ3v) is 3.45. The van der Waals surface area contributed by atoms with Gasteiger partial charge in [-0.2, -0.15) is 5.26 Å². The summed E-state index contributed by atoms with van der Waals surface area (Å²) in [5.74, 6) is 0. The molecule has 0 unspecified atom stereocenters. The van der Waals surface area contributed by atoms with Crippen LogP contribution in [0.4, 0.5) is 0 Å². The van der Waals surface area contributed by atoms with E-state index in [9.17, 15) is 5.26 Å². The topological polar surface area (TPSA) is 28.7 Å². The summed E-state index contributed by atoms with van der Waals surface area (Å²) in [5.41, 5.74) is 2.66. The molecule has 0 aliphatic carbocycles. The van der Waals surface area contributed by atoms with E-state index in [1.165, 1.54) is 0 Å². The Labute approximate surface area is 122 Å². The normalized spacial score (nSPS) is 11.6. The molecule has 2 aromatic rings. The van der Waals surface area contributed by atoms with Crippen molar-refractivity contribution in [3.63, 3.8) is 0 Å². The van der Waals surface area contributed by atoms with E-state index in [1.54, 1.807) is 0 Å². The molecule has 0 spiro atoms. The Bertz CT molecular complexity index is 628. The average Bonchev–Trinajstić information content (AvgIpc) is 2.86. The summed E-state index contributed by atoms with van der Waals surface area (Å²) in [5, 5.41) is 9.29. The van der Waals surface area contributed by atoms with E-state index in [0.29, 0.717) is 11.6 Å². The summed E-state index contributed by atoms with van der Waals surface area (Å²) in [4.78, 5) is 0. The number of aromatic nitrogens is 1. The lowest BCUT2D eigenvalue weighted by Crippen LogP contribution is -1.95. The Kier molecular flexibility index (Phi) is 4.24. The van der Waals surface area contributed by atoms with Crippen LogP contribution in [0.2, 0.25) is 0 Å². The minimum atomic E-state index is 0.431. The van der Waals surface area contributed by atoms with Gasteiger partial charge in [0.2, 0.25) is 0 Å². The standard InChI is InChI=1S/C16H15BrN2/c1-12(2)19-8-7-13(11-19)9-15(10-18)14-3-5-16(17)6-4-14/h3-9,11-12H,1-2H3/b15-9+. The van der Waals surface area contributed by atoms with Crippen molar-refractivity contribution in [1.82, 2.24) is 4.57 Å². The van der Waals surface area contributed by atoms with E-state index in [1.807, 2.05) is 42.6 Å². The maximum absolute atomic E-state index is 9.29. The summed E-state index contributed by atoms with van der Waals surface area (Å²) in [6.07, 6.45) is 6.01. The fourth-order valence-electron chi connectivity index (χ4n) is 1.81. The second-order valence-corrected chi connectivity index (χ2v) is 5.58. The molecular weight excluding hydrogens is 300 g/mol. The number of hydrogen-bond acceptors (Lipinski definition) is 1. The fourth-order valence-corrected chi connectivity index (χ4v) is 2.08. The number of hydrogen-bond donors (Lipinski definition) is 0. The minimum absolute atomic E-state index is 0.431. The van der Waals surface area contributed by atoms with E-state index in [2.05, 4.69) is 46.6 Å². The maximum atomic E-state index is 9.29. The highest BCUT2D eigenvalue weighted by atomic mass is 79.9. The summed E-state index contributed by atoms with van der Waals surface area (Å²) < 4.78 is 3.14. The number of rotatable bonds is 3. The van der Waals surface area contributed by atoms with Gasteiger partial charge in [0.1, 0.15) is 0 Å². The largest absolute Gasteiger partial charge is 0.351 e. The van der Waals surface area contributed by atoms with Gasteiger partial charge in [0.15, 0.2) is 0 Å². The highest BCUT2D eigenvalue weighted by Gasteiger charge is 2.03. The molecule has 0 N–H and O–H groups in total. The van der Waals surface area contributed by atoms with Gasteiger partial charge < -0.3 is 4.57 Å². The molecule has 19 heavy (non-hydrogen) atoms. The van der Waals surface area contributed by atoms with Crippen molar-refractivity contribution in [1.29, 1.82) is 5.26 Å². The van der Waals surface area contributed by atoms with Gasteiger partial charge in [-0.15, -0.1) is 0 Å². The number of nitriles is 1. The molecule has 0 saturated heterocycles. The van der Waals surface area contributed by atoms with Crippen molar-refractivity contribution in [3.05, 3.63) is 58.3 Å². The molecule has 0 aliphatic rings. The van der Waals surface area contributed by atoms with Gasteiger partial charge in [0, 0.05) is 22.9 Å². The van der Waals surface area contributed by atoms with E-state index in [0.717, 1.165) is 15.6 Å². The van der Waals surface area contributed by atoms with Crippen LogP contribution in [0, 0.1) is 11.3 Å². The second-order valence-electron chi connectivity index (χ2n) is 4.66. The Morgan fingerprint density at radius 1 is 1.26 bits per heavy atom. The molecule has 1 heterocycles. The first-order chi connectivity index (χ1) is 9.10. The third-order valence-electron chi connectivity index (χ3n) is 2.92. The summed E-state index contributed by atoms with van der Waals surface area (Å²) in [7, 11) is 0. The van der Waals surface area contributed by atoms with Gasteiger partial charge in [0.25, 0.3) is 0 Å². The molecule has 3 heteroatoms. The Morgan fingerprint density at radius 2 is 1.95 bits per heavy atom. The first-order valence-corrected chi connectivity index (χ1v) is 6.94. The zero-order valence-electron chi connectivity index (χ0n) is 11.0. The number of benzene rings is 1. The molecule has 2 rings (SSSR count). The third kappa shape index (κ3) is 3.36. The van der Waals surface area contributed by atoms with Crippen LogP contribution < -0.4 is 0 Å². The van der Waals surface area contributed by atoms with Crippen molar-refractivity contribution in [3.8, 4) is 6.07 Å². The lowest BCUT2D eigenvalue weighted by atomic mass is 10.1. The van der Waals surface area contributed by atoms with Gasteiger partial charge in [-0.25, -0.2) is 0 Å². The molecule has 0 saturated carbocycles. The van der Waals surface area contributed by atoms with Gasteiger partial charge in [-0.1, -0.05) is 28.1 Å². The quantitative estimate of drug-likeness (QED) is 0.741. The van der Waals surface area contributed by atoms with E-state index in [-0.39, 0.29) is 0 Å². The van der Waals surface area contributed by atoms with Gasteiger partial charge in [-0.3, -0.25) is 0 Å². The summed E-state index contributed by atoms with van der Waals surface area (Å²) in [6.45, 7) is 4.26. The molecule has 2 nitrogen and oxygen atoms in total. The van der Waals surface area contributed by atoms with Crippen molar-refractivity contribution < 1.29 is 0 Å². The SMILES string of the molecule is CC(C)n1ccc(/C=C(\C#N)c2ccc(Br)cc2)c1. The average molecular weight is 315 g/mol. The Morgan fingerprint density at radius 3 is 2.47 bits per heavy atom. The predicted molar refractivity (Wildman–Crippen MR) is 82.4 cm³/mol. The van der Waals surface area contributed by atoms with Crippen LogP contribution in [-0.4, -0.2) is 4.57 Å². The monoisotopic (exact) mass is 314 g/mol. The molecule has 0 aliphatic heterocycles. The summed E-state index contributed by atoms with van der Waals surface area (Å²) in [6, 6.07) is 12.5. The molecule has 1 aromatic heterocycles. The lowest BCUT2D eigenvalue weighted by Gasteiger charge is -2.04.